The molecule has 1 amide bonds. The number of carbonyl (C=O) groups excluding carboxylic acids is 1. The highest BCUT2D eigenvalue weighted by Crippen LogP contribution is 2.32. The summed E-state index contributed by atoms with van der Waals surface area (Å²) in [6.07, 6.45) is 2.46. The normalized spacial score (nSPS) is 11.4. The van der Waals surface area contributed by atoms with Gasteiger partial charge in [0.05, 0.1) is 22.3 Å². The van der Waals surface area contributed by atoms with Crippen LogP contribution in [0.2, 0.25) is 15.1 Å². The number of carbonyl (C=O) groups is 1. The van der Waals surface area contributed by atoms with Crippen LogP contribution in [0, 0.1) is 0 Å². The van der Waals surface area contributed by atoms with E-state index in [0.29, 0.717) is 26.1 Å². The van der Waals surface area contributed by atoms with Crippen LogP contribution in [0.4, 0.5) is 0 Å². The number of amides is 1. The van der Waals surface area contributed by atoms with Gasteiger partial charge in [-0.05, 0) is 60.5 Å². The topological polar surface area (TPSA) is 59.3 Å². The molecule has 0 atom stereocenters. The minimum atomic E-state index is -0.332. The highest BCUT2D eigenvalue weighted by molar-refractivity contribution is 6.36. The van der Waals surface area contributed by atoms with Crippen molar-refractivity contribution in [3.05, 3.63) is 86.9 Å². The summed E-state index contributed by atoms with van der Waals surface area (Å²) in [6, 6.07) is 17.9. The van der Waals surface area contributed by atoms with E-state index in [1.54, 1.807) is 42.6 Å². The van der Waals surface area contributed by atoms with E-state index in [9.17, 15) is 4.79 Å². The Morgan fingerprint density at radius 2 is 1.88 bits per heavy atom. The maximum atomic E-state index is 12.6. The molecule has 4 rings (SSSR count). The molecule has 3 aromatic carbocycles. The van der Waals surface area contributed by atoms with E-state index in [1.165, 1.54) is 0 Å². The van der Waals surface area contributed by atoms with Crippen molar-refractivity contribution in [2.75, 3.05) is 0 Å². The zero-order chi connectivity index (χ0) is 22.7. The fourth-order valence-corrected chi connectivity index (χ4v) is 4.11. The number of benzene rings is 3. The molecule has 8 heteroatoms. The number of hydrogen-bond acceptors (Lipinski definition) is 3. The van der Waals surface area contributed by atoms with Gasteiger partial charge in [0, 0.05) is 27.7 Å². The molecule has 162 valence electrons. The number of aromatic nitrogens is 2. The van der Waals surface area contributed by atoms with E-state index in [1.807, 2.05) is 24.3 Å². The molecule has 0 aliphatic carbocycles. The molecule has 4 aromatic rings. The Balaban J connectivity index is 1.64. The van der Waals surface area contributed by atoms with Crippen molar-refractivity contribution in [2.24, 2.45) is 5.10 Å². The van der Waals surface area contributed by atoms with E-state index >= 15 is 0 Å². The van der Waals surface area contributed by atoms with Crippen LogP contribution in [-0.4, -0.2) is 21.7 Å². The smallest absolute Gasteiger partial charge is 0.271 e. The van der Waals surface area contributed by atoms with Crippen LogP contribution in [0.25, 0.3) is 22.4 Å². The summed E-state index contributed by atoms with van der Waals surface area (Å²) in [5.74, 6) is 0.404. The summed E-state index contributed by atoms with van der Waals surface area (Å²) in [6.45, 7) is 2.86. The summed E-state index contributed by atoms with van der Waals surface area (Å²) < 4.78 is 2.10. The van der Waals surface area contributed by atoms with Gasteiger partial charge in [-0.25, -0.2) is 10.4 Å². The molecule has 0 radical (unpaired) electrons. The number of aryl methyl sites for hydroxylation is 1. The minimum absolute atomic E-state index is 0.332. The zero-order valence-corrected chi connectivity index (χ0v) is 19.4. The number of nitrogens with one attached hydrogen (secondary N) is 1. The van der Waals surface area contributed by atoms with Gasteiger partial charge in [0.1, 0.15) is 5.82 Å². The highest BCUT2D eigenvalue weighted by atomic mass is 35.5. The number of nitrogens with zero attached hydrogens (tertiary/aromatic N) is 3. The molecule has 0 aliphatic heterocycles. The maximum Gasteiger partial charge on any atom is 0.271 e. The Labute approximate surface area is 200 Å². The number of hydrogen-bond donors (Lipinski definition) is 1. The van der Waals surface area contributed by atoms with Crippen molar-refractivity contribution in [2.45, 2.75) is 19.9 Å². The van der Waals surface area contributed by atoms with Crippen LogP contribution in [0.15, 0.2) is 65.8 Å². The predicted molar refractivity (Wildman–Crippen MR) is 132 cm³/mol. The lowest BCUT2D eigenvalue weighted by atomic mass is 10.2. The van der Waals surface area contributed by atoms with Crippen molar-refractivity contribution < 1.29 is 4.79 Å². The number of hydrazone groups is 1. The van der Waals surface area contributed by atoms with E-state index in [4.69, 9.17) is 39.8 Å². The standard InChI is InChI=1S/C24H19Cl3N4O/c1-2-10-31-22-9-6-16(24(32)30-28-14-15-4-3-5-17(25)11-15)12-21(22)29-23(31)19-8-7-18(26)13-20(19)27/h3-9,11-14H,2,10H2,1H3,(H,30,32)/b28-14+. The van der Waals surface area contributed by atoms with Gasteiger partial charge in [-0.1, -0.05) is 53.9 Å². The number of imidazole rings is 1. The molecule has 0 fully saturated rings. The van der Waals surface area contributed by atoms with Crippen LogP contribution in [0.1, 0.15) is 29.3 Å². The average Bonchev–Trinajstić information content (AvgIpc) is 3.11. The first-order valence-electron chi connectivity index (χ1n) is 10.0. The second kappa shape index (κ2) is 9.74. The third kappa shape index (κ3) is 4.80. The van der Waals surface area contributed by atoms with Gasteiger partial charge in [0.2, 0.25) is 0 Å². The van der Waals surface area contributed by atoms with Crippen molar-refractivity contribution in [3.8, 4) is 11.4 Å². The second-order valence-corrected chi connectivity index (χ2v) is 8.45. The Morgan fingerprint density at radius 3 is 2.62 bits per heavy atom. The summed E-state index contributed by atoms with van der Waals surface area (Å²) in [5, 5.41) is 5.71. The maximum absolute atomic E-state index is 12.6. The van der Waals surface area contributed by atoms with Crippen LogP contribution in [0.5, 0.6) is 0 Å². The van der Waals surface area contributed by atoms with Crippen molar-refractivity contribution in [1.29, 1.82) is 0 Å². The van der Waals surface area contributed by atoms with Crippen molar-refractivity contribution >= 4 is 58.0 Å². The first-order valence-corrected chi connectivity index (χ1v) is 11.1. The van der Waals surface area contributed by atoms with Crippen molar-refractivity contribution in [1.82, 2.24) is 15.0 Å². The van der Waals surface area contributed by atoms with Gasteiger partial charge in [0.25, 0.3) is 5.91 Å². The van der Waals surface area contributed by atoms with Crippen LogP contribution < -0.4 is 5.43 Å². The molecular formula is C24H19Cl3N4O. The summed E-state index contributed by atoms with van der Waals surface area (Å²) in [7, 11) is 0. The van der Waals surface area contributed by atoms with E-state index in [2.05, 4.69) is 22.0 Å². The van der Waals surface area contributed by atoms with E-state index in [-0.39, 0.29) is 5.91 Å². The zero-order valence-electron chi connectivity index (χ0n) is 17.1. The molecule has 0 spiro atoms. The molecule has 0 aliphatic rings. The molecule has 32 heavy (non-hydrogen) atoms. The Morgan fingerprint density at radius 1 is 1.06 bits per heavy atom. The van der Waals surface area contributed by atoms with Gasteiger partial charge in [-0.15, -0.1) is 0 Å². The van der Waals surface area contributed by atoms with Gasteiger partial charge < -0.3 is 4.57 Å². The molecule has 1 heterocycles. The molecule has 0 unspecified atom stereocenters. The molecule has 0 bridgehead atoms. The molecule has 1 aromatic heterocycles. The fourth-order valence-electron chi connectivity index (χ4n) is 3.41. The monoisotopic (exact) mass is 484 g/mol. The van der Waals surface area contributed by atoms with Gasteiger partial charge in [-0.2, -0.15) is 5.10 Å². The molecule has 5 nitrogen and oxygen atoms in total. The Kier molecular flexibility index (Phi) is 6.80. The quantitative estimate of drug-likeness (QED) is 0.240. The SMILES string of the molecule is CCCn1c(-c2ccc(Cl)cc2Cl)nc2cc(C(=O)N/N=C/c3cccc(Cl)c3)ccc21. The lowest BCUT2D eigenvalue weighted by Gasteiger charge is -2.09. The molecule has 0 saturated carbocycles. The average molecular weight is 486 g/mol. The largest absolute Gasteiger partial charge is 0.324 e. The number of halogens is 3. The van der Waals surface area contributed by atoms with Gasteiger partial charge in [0.15, 0.2) is 0 Å². The van der Waals surface area contributed by atoms with Crippen LogP contribution >= 0.6 is 34.8 Å². The van der Waals surface area contributed by atoms with E-state index in [0.717, 1.165) is 35.4 Å². The summed E-state index contributed by atoms with van der Waals surface area (Å²) >= 11 is 18.5. The highest BCUT2D eigenvalue weighted by Gasteiger charge is 2.16. The molecule has 0 saturated heterocycles. The lowest BCUT2D eigenvalue weighted by molar-refractivity contribution is 0.0955. The van der Waals surface area contributed by atoms with Crippen molar-refractivity contribution in [3.63, 3.8) is 0 Å². The Bertz CT molecular complexity index is 1330. The fraction of sp³-hybridized carbons (Fsp3) is 0.125. The van der Waals surface area contributed by atoms with Gasteiger partial charge >= 0.3 is 0 Å². The van der Waals surface area contributed by atoms with Crippen LogP contribution in [-0.2, 0) is 6.54 Å². The minimum Gasteiger partial charge on any atom is -0.324 e. The lowest BCUT2D eigenvalue weighted by Crippen LogP contribution is -2.17. The third-order valence-corrected chi connectivity index (χ3v) is 5.64. The molecular weight excluding hydrogens is 467 g/mol. The second-order valence-electron chi connectivity index (χ2n) is 7.17. The first-order chi connectivity index (χ1) is 15.5. The van der Waals surface area contributed by atoms with Gasteiger partial charge in [-0.3, -0.25) is 4.79 Å². The predicted octanol–water partition coefficient (Wildman–Crippen LogP) is 6.84. The van der Waals surface area contributed by atoms with Crippen LogP contribution in [0.3, 0.4) is 0 Å². The molecule has 1 N–H and O–H groups in total. The van der Waals surface area contributed by atoms with E-state index < -0.39 is 0 Å². The first kappa shape index (κ1) is 22.3. The number of rotatable bonds is 6. The Hall–Kier alpha value is -2.86. The summed E-state index contributed by atoms with van der Waals surface area (Å²) in [4.78, 5) is 17.4. The third-order valence-electron chi connectivity index (χ3n) is 4.86. The summed E-state index contributed by atoms with van der Waals surface area (Å²) in [5.41, 5.74) is 6.20. The number of fused-ring (bicyclic) bond motifs is 1.